The predicted molar refractivity (Wildman–Crippen MR) is 65.3 cm³/mol. The molecule has 5 nitrogen and oxygen atoms in total. The number of hydrazine groups is 1. The minimum absolute atomic E-state index is 0. The van der Waals surface area contributed by atoms with E-state index in [0.29, 0.717) is 5.82 Å². The Morgan fingerprint density at radius 2 is 1.94 bits per heavy atom. The summed E-state index contributed by atoms with van der Waals surface area (Å²) in [6, 6.07) is 10.7. The SMILES string of the molecule is Cl.NC(=O)NNc1ccc2ccccc2n1. The third kappa shape index (κ3) is 2.74. The summed E-state index contributed by atoms with van der Waals surface area (Å²) < 4.78 is 0. The second-order valence-electron chi connectivity index (χ2n) is 3.00. The fourth-order valence-corrected chi connectivity index (χ4v) is 1.26. The van der Waals surface area contributed by atoms with E-state index in [2.05, 4.69) is 15.8 Å². The molecule has 1 aromatic carbocycles. The highest BCUT2D eigenvalue weighted by Gasteiger charge is 1.97. The fraction of sp³-hybridized carbons (Fsp3) is 0. The van der Waals surface area contributed by atoms with Crippen LogP contribution in [0.5, 0.6) is 0 Å². The average molecular weight is 239 g/mol. The number of primary amides is 1. The normalized spacial score (nSPS) is 9.25. The second kappa shape index (κ2) is 5.18. The Hall–Kier alpha value is -2.01. The monoisotopic (exact) mass is 238 g/mol. The summed E-state index contributed by atoms with van der Waals surface area (Å²) in [7, 11) is 0. The van der Waals surface area contributed by atoms with Gasteiger partial charge in [-0.2, -0.15) is 0 Å². The van der Waals surface area contributed by atoms with E-state index in [-0.39, 0.29) is 12.4 Å². The van der Waals surface area contributed by atoms with E-state index in [4.69, 9.17) is 5.73 Å². The number of hydrogen-bond donors (Lipinski definition) is 3. The summed E-state index contributed by atoms with van der Waals surface area (Å²) in [4.78, 5) is 14.7. The number of urea groups is 1. The van der Waals surface area contributed by atoms with Crippen molar-refractivity contribution in [2.75, 3.05) is 5.43 Å². The zero-order valence-electron chi connectivity index (χ0n) is 8.31. The smallest absolute Gasteiger partial charge is 0.330 e. The van der Waals surface area contributed by atoms with Gasteiger partial charge in [-0.05, 0) is 18.2 Å². The van der Waals surface area contributed by atoms with Crippen molar-refractivity contribution in [3.63, 3.8) is 0 Å². The lowest BCUT2D eigenvalue weighted by Crippen LogP contribution is -2.34. The molecule has 0 saturated carbocycles. The van der Waals surface area contributed by atoms with Gasteiger partial charge in [0.15, 0.2) is 0 Å². The number of pyridine rings is 1. The Balaban J connectivity index is 0.00000128. The summed E-state index contributed by atoms with van der Waals surface area (Å²) in [5, 5.41) is 1.04. The van der Waals surface area contributed by atoms with Crippen molar-refractivity contribution < 1.29 is 4.79 Å². The van der Waals surface area contributed by atoms with Gasteiger partial charge in [-0.15, -0.1) is 12.4 Å². The molecule has 2 amide bonds. The molecule has 0 unspecified atom stereocenters. The molecule has 0 aliphatic heterocycles. The number of nitrogens with one attached hydrogen (secondary N) is 2. The lowest BCUT2D eigenvalue weighted by atomic mass is 10.2. The molecule has 0 radical (unpaired) electrons. The number of para-hydroxylation sites is 1. The number of hydrogen-bond acceptors (Lipinski definition) is 3. The molecule has 0 atom stereocenters. The summed E-state index contributed by atoms with van der Waals surface area (Å²) in [6.07, 6.45) is 0. The van der Waals surface area contributed by atoms with E-state index in [0.717, 1.165) is 10.9 Å². The first kappa shape index (κ1) is 12.1. The van der Waals surface area contributed by atoms with Gasteiger partial charge < -0.3 is 5.73 Å². The number of fused-ring (bicyclic) bond motifs is 1. The number of rotatable bonds is 2. The maximum atomic E-state index is 10.5. The quantitative estimate of drug-likeness (QED) is 0.696. The number of anilines is 1. The van der Waals surface area contributed by atoms with Gasteiger partial charge in [0.05, 0.1) is 5.52 Å². The molecule has 0 aliphatic rings. The molecule has 0 fully saturated rings. The topological polar surface area (TPSA) is 80.0 Å². The van der Waals surface area contributed by atoms with Crippen LogP contribution in [0.1, 0.15) is 0 Å². The minimum Gasteiger partial charge on any atom is -0.350 e. The Labute approximate surface area is 98.4 Å². The van der Waals surface area contributed by atoms with Crippen molar-refractivity contribution in [3.8, 4) is 0 Å². The van der Waals surface area contributed by atoms with Crippen LogP contribution in [0.15, 0.2) is 36.4 Å². The van der Waals surface area contributed by atoms with Crippen molar-refractivity contribution >= 4 is 35.2 Å². The fourth-order valence-electron chi connectivity index (χ4n) is 1.26. The maximum Gasteiger partial charge on any atom is 0.330 e. The number of carbonyl (C=O) groups is 1. The summed E-state index contributed by atoms with van der Waals surface area (Å²) in [5.74, 6) is 0.549. The summed E-state index contributed by atoms with van der Waals surface area (Å²) in [6.45, 7) is 0. The lowest BCUT2D eigenvalue weighted by Gasteiger charge is -2.05. The van der Waals surface area contributed by atoms with Gasteiger partial charge in [0.2, 0.25) is 0 Å². The largest absolute Gasteiger partial charge is 0.350 e. The van der Waals surface area contributed by atoms with Crippen LogP contribution in [-0.2, 0) is 0 Å². The average Bonchev–Trinajstić information content (AvgIpc) is 2.26. The molecule has 0 aliphatic carbocycles. The molecule has 0 bridgehead atoms. The Morgan fingerprint density at radius 1 is 1.19 bits per heavy atom. The molecular weight excluding hydrogens is 228 g/mol. The second-order valence-corrected chi connectivity index (χ2v) is 3.00. The lowest BCUT2D eigenvalue weighted by molar-refractivity contribution is 0.250. The van der Waals surface area contributed by atoms with Gasteiger partial charge >= 0.3 is 6.03 Å². The van der Waals surface area contributed by atoms with Crippen molar-refractivity contribution in [2.45, 2.75) is 0 Å². The first-order valence-electron chi connectivity index (χ1n) is 4.43. The number of aromatic nitrogens is 1. The third-order valence-electron chi connectivity index (χ3n) is 1.91. The Morgan fingerprint density at radius 3 is 2.69 bits per heavy atom. The van der Waals surface area contributed by atoms with Crippen LogP contribution in [0, 0.1) is 0 Å². The summed E-state index contributed by atoms with van der Waals surface area (Å²) >= 11 is 0. The van der Waals surface area contributed by atoms with Crippen LogP contribution >= 0.6 is 12.4 Å². The van der Waals surface area contributed by atoms with Crippen LogP contribution in [-0.4, -0.2) is 11.0 Å². The highest BCUT2D eigenvalue weighted by molar-refractivity contribution is 5.85. The van der Waals surface area contributed by atoms with Crippen LogP contribution in [0.3, 0.4) is 0 Å². The molecule has 1 heterocycles. The van der Waals surface area contributed by atoms with E-state index >= 15 is 0 Å². The molecule has 2 aromatic rings. The molecule has 2 rings (SSSR count). The number of nitrogens with zero attached hydrogens (tertiary/aromatic N) is 1. The third-order valence-corrected chi connectivity index (χ3v) is 1.91. The highest BCUT2D eigenvalue weighted by atomic mass is 35.5. The van der Waals surface area contributed by atoms with Crippen molar-refractivity contribution in [3.05, 3.63) is 36.4 Å². The molecule has 84 valence electrons. The van der Waals surface area contributed by atoms with E-state index < -0.39 is 6.03 Å². The number of carbonyl (C=O) groups excluding carboxylic acids is 1. The molecule has 1 aromatic heterocycles. The van der Waals surface area contributed by atoms with Crippen molar-refractivity contribution in [2.24, 2.45) is 5.73 Å². The van der Waals surface area contributed by atoms with Crippen molar-refractivity contribution in [1.29, 1.82) is 0 Å². The molecular formula is C10H11ClN4O. The van der Waals surface area contributed by atoms with Gasteiger partial charge in [-0.25, -0.2) is 9.78 Å². The van der Waals surface area contributed by atoms with Gasteiger partial charge in [-0.3, -0.25) is 10.9 Å². The number of nitrogens with two attached hydrogens (primary N) is 1. The first-order chi connectivity index (χ1) is 7.25. The molecule has 0 spiro atoms. The van der Waals surface area contributed by atoms with Gasteiger partial charge in [-0.1, -0.05) is 18.2 Å². The van der Waals surface area contributed by atoms with E-state index in [1.54, 1.807) is 6.07 Å². The maximum absolute atomic E-state index is 10.5. The minimum atomic E-state index is -0.648. The predicted octanol–water partition coefficient (Wildman–Crippen LogP) is 1.65. The van der Waals surface area contributed by atoms with Crippen LogP contribution < -0.4 is 16.6 Å². The Kier molecular flexibility index (Phi) is 3.90. The van der Waals surface area contributed by atoms with E-state index in [1.165, 1.54) is 0 Å². The number of halogens is 1. The molecule has 16 heavy (non-hydrogen) atoms. The van der Waals surface area contributed by atoms with Gasteiger partial charge in [0.25, 0.3) is 0 Å². The Bertz CT molecular complexity index is 503. The first-order valence-corrected chi connectivity index (χ1v) is 4.43. The van der Waals surface area contributed by atoms with Crippen LogP contribution in [0.2, 0.25) is 0 Å². The molecule has 6 heteroatoms. The van der Waals surface area contributed by atoms with Crippen LogP contribution in [0.4, 0.5) is 10.6 Å². The highest BCUT2D eigenvalue weighted by Crippen LogP contribution is 2.13. The van der Waals surface area contributed by atoms with Crippen molar-refractivity contribution in [1.82, 2.24) is 10.4 Å². The van der Waals surface area contributed by atoms with E-state index in [9.17, 15) is 4.79 Å². The number of benzene rings is 1. The van der Waals surface area contributed by atoms with E-state index in [1.807, 2.05) is 30.3 Å². The van der Waals surface area contributed by atoms with Gasteiger partial charge in [0, 0.05) is 5.39 Å². The zero-order chi connectivity index (χ0) is 10.7. The number of amides is 2. The zero-order valence-corrected chi connectivity index (χ0v) is 9.12. The summed E-state index contributed by atoms with van der Waals surface area (Å²) in [5.41, 5.74) is 10.6. The molecule has 0 saturated heterocycles. The molecule has 4 N–H and O–H groups in total. The van der Waals surface area contributed by atoms with Gasteiger partial charge in [0.1, 0.15) is 5.82 Å². The van der Waals surface area contributed by atoms with Crippen LogP contribution in [0.25, 0.3) is 10.9 Å². The standard InChI is InChI=1S/C10H10N4O.ClH/c11-10(15)14-13-9-6-5-7-3-1-2-4-8(7)12-9;/h1-6H,(H,12,13)(H3,11,14,15);1H.